The Labute approximate surface area is 138 Å². The van der Waals surface area contributed by atoms with Crippen molar-refractivity contribution in [2.75, 3.05) is 0 Å². The molecule has 0 fully saturated rings. The minimum atomic E-state index is -1.08. The molecule has 0 saturated heterocycles. The fourth-order valence-corrected chi connectivity index (χ4v) is 2.06. The molecule has 1 aliphatic rings. The van der Waals surface area contributed by atoms with E-state index in [0.29, 0.717) is 22.0 Å². The number of aliphatic carboxylic acids is 1. The largest absolute Gasteiger partial charge is 0.481 e. The lowest BCUT2D eigenvalue weighted by Gasteiger charge is -2.16. The summed E-state index contributed by atoms with van der Waals surface area (Å²) in [4.78, 5) is 33.8. The van der Waals surface area contributed by atoms with Gasteiger partial charge in [-0.3, -0.25) is 9.59 Å². The molecule has 0 aromatic heterocycles. The average Bonchev–Trinajstić information content (AvgIpc) is 2.78. The fraction of sp³-hybridized carbons (Fsp3) is 0.462. The van der Waals surface area contributed by atoms with Crippen LogP contribution in [0.5, 0.6) is 0 Å². The number of esters is 2. The van der Waals surface area contributed by atoms with Gasteiger partial charge in [-0.2, -0.15) is 0 Å². The monoisotopic (exact) mass is 424 g/mol. The highest BCUT2D eigenvalue weighted by Crippen LogP contribution is 2.30. The van der Waals surface area contributed by atoms with Gasteiger partial charge in [0.2, 0.25) is 0 Å². The van der Waals surface area contributed by atoms with Crippen LogP contribution in [0.3, 0.4) is 0 Å². The van der Waals surface area contributed by atoms with Gasteiger partial charge in [-0.15, -0.1) is 0 Å². The van der Waals surface area contributed by atoms with Gasteiger partial charge < -0.3 is 14.6 Å². The van der Waals surface area contributed by atoms with Gasteiger partial charge >= 0.3 is 17.9 Å². The van der Waals surface area contributed by atoms with Crippen molar-refractivity contribution in [3.05, 3.63) is 20.8 Å². The quantitative estimate of drug-likeness (QED) is 0.630. The van der Waals surface area contributed by atoms with Crippen molar-refractivity contribution >= 4 is 49.8 Å². The van der Waals surface area contributed by atoms with Crippen molar-refractivity contribution in [3.63, 3.8) is 0 Å². The second-order valence-corrected chi connectivity index (χ2v) is 6.92. The van der Waals surface area contributed by atoms with Crippen LogP contribution in [-0.2, 0) is 23.9 Å². The van der Waals surface area contributed by atoms with E-state index in [-0.39, 0.29) is 18.4 Å². The summed E-state index contributed by atoms with van der Waals surface area (Å²) in [5.74, 6) is -2.00. The molecule has 1 rings (SSSR count). The lowest BCUT2D eigenvalue weighted by Crippen LogP contribution is -2.24. The Hall–Kier alpha value is -1.15. The number of carbonyl (C=O) groups excluding carboxylic acids is 2. The van der Waals surface area contributed by atoms with Gasteiger partial charge in [0.25, 0.3) is 0 Å². The van der Waals surface area contributed by atoms with Gasteiger partial charge in [-0.05, 0) is 44.4 Å². The van der Waals surface area contributed by atoms with E-state index in [1.54, 1.807) is 0 Å². The molecule has 0 bridgehead atoms. The van der Waals surface area contributed by atoms with Gasteiger partial charge in [0.1, 0.15) is 9.50 Å². The molecule has 1 atom stereocenters. The second-order valence-electron chi connectivity index (χ2n) is 4.27. The zero-order chi connectivity index (χ0) is 16.0. The topological polar surface area (TPSA) is 89.9 Å². The molecule has 21 heavy (non-hydrogen) atoms. The maximum atomic E-state index is 11.8. The van der Waals surface area contributed by atoms with Crippen LogP contribution in [0.25, 0.3) is 0 Å². The zero-order valence-electron chi connectivity index (χ0n) is 11.2. The Balaban J connectivity index is 2.80. The van der Waals surface area contributed by atoms with Crippen LogP contribution in [0.15, 0.2) is 20.8 Å². The van der Waals surface area contributed by atoms with Gasteiger partial charge in [0.15, 0.2) is 5.76 Å². The van der Waals surface area contributed by atoms with Crippen molar-refractivity contribution in [1.29, 1.82) is 0 Å². The first-order valence-corrected chi connectivity index (χ1v) is 7.84. The van der Waals surface area contributed by atoms with Crippen LogP contribution in [0.1, 0.15) is 32.6 Å². The first kappa shape index (κ1) is 17.9. The van der Waals surface area contributed by atoms with Gasteiger partial charge in [0.05, 0.1) is 18.4 Å². The number of carbonyl (C=O) groups is 3. The van der Waals surface area contributed by atoms with Crippen molar-refractivity contribution in [2.24, 2.45) is 0 Å². The number of ether oxygens (including phenoxy) is 2. The number of halogens is 2. The van der Waals surface area contributed by atoms with E-state index in [1.165, 1.54) is 6.08 Å². The first-order valence-electron chi connectivity index (χ1n) is 6.25. The molecule has 1 unspecified atom stereocenters. The third kappa shape index (κ3) is 5.62. The number of carboxylic acids is 1. The molecule has 1 heterocycles. The molecule has 0 aliphatic carbocycles. The van der Waals surface area contributed by atoms with E-state index in [0.717, 1.165) is 0 Å². The number of hydrogen-bond acceptors (Lipinski definition) is 5. The maximum Gasteiger partial charge on any atom is 0.343 e. The molecule has 8 heteroatoms. The van der Waals surface area contributed by atoms with Crippen molar-refractivity contribution in [1.82, 2.24) is 0 Å². The maximum absolute atomic E-state index is 11.8. The highest BCUT2D eigenvalue weighted by atomic mass is 79.9. The average molecular weight is 426 g/mol. The van der Waals surface area contributed by atoms with Crippen molar-refractivity contribution < 1.29 is 29.0 Å². The smallest absolute Gasteiger partial charge is 0.343 e. The summed E-state index contributed by atoms with van der Waals surface area (Å²) < 4.78 is 10.7. The minimum absolute atomic E-state index is 0.233. The Kier molecular flexibility index (Phi) is 7.10. The summed E-state index contributed by atoms with van der Waals surface area (Å²) in [5.41, 5.74) is 0.243. The molecule has 0 aromatic rings. The lowest BCUT2D eigenvalue weighted by molar-refractivity contribution is -0.151. The zero-order valence-corrected chi connectivity index (χ0v) is 14.4. The van der Waals surface area contributed by atoms with Crippen LogP contribution < -0.4 is 0 Å². The van der Waals surface area contributed by atoms with Crippen LogP contribution in [0.4, 0.5) is 0 Å². The molecular weight excluding hydrogens is 412 g/mol. The number of carboxylic acid groups (broad SMARTS) is 1. The third-order valence-electron chi connectivity index (χ3n) is 2.63. The number of rotatable bonds is 7. The number of allylic oxidation sites excluding steroid dienone is 1. The number of hydrogen-bond donors (Lipinski definition) is 1. The van der Waals surface area contributed by atoms with Crippen LogP contribution in [0.2, 0.25) is 0 Å². The first-order chi connectivity index (χ1) is 9.85. The van der Waals surface area contributed by atoms with E-state index in [1.807, 2.05) is 6.92 Å². The summed E-state index contributed by atoms with van der Waals surface area (Å²) in [5, 5.41) is 8.54. The summed E-state index contributed by atoms with van der Waals surface area (Å²) in [6.07, 6.45) is 1.36. The minimum Gasteiger partial charge on any atom is -0.481 e. The van der Waals surface area contributed by atoms with E-state index in [9.17, 15) is 14.4 Å². The van der Waals surface area contributed by atoms with E-state index in [4.69, 9.17) is 14.6 Å². The Morgan fingerprint density at radius 2 is 2.05 bits per heavy atom. The SMILES string of the molecule is CCCC(OC(=O)CCC(=O)O)C1=CC(=C(Br)Br)OC1=O. The van der Waals surface area contributed by atoms with Crippen molar-refractivity contribution in [3.8, 4) is 0 Å². The summed E-state index contributed by atoms with van der Waals surface area (Å²) in [6, 6.07) is 0. The number of cyclic esters (lactones) is 1. The molecule has 0 aromatic carbocycles. The van der Waals surface area contributed by atoms with Gasteiger partial charge in [0, 0.05) is 0 Å². The lowest BCUT2D eigenvalue weighted by atomic mass is 10.1. The second kappa shape index (κ2) is 8.33. The summed E-state index contributed by atoms with van der Waals surface area (Å²) >= 11 is 6.27. The van der Waals surface area contributed by atoms with Crippen molar-refractivity contribution in [2.45, 2.75) is 38.7 Å². The van der Waals surface area contributed by atoms with E-state index < -0.39 is 24.0 Å². The molecule has 6 nitrogen and oxygen atoms in total. The Bertz CT molecular complexity index is 505. The highest BCUT2D eigenvalue weighted by Gasteiger charge is 2.31. The molecule has 0 radical (unpaired) electrons. The van der Waals surface area contributed by atoms with E-state index >= 15 is 0 Å². The Morgan fingerprint density at radius 3 is 2.52 bits per heavy atom. The van der Waals surface area contributed by atoms with E-state index in [2.05, 4.69) is 31.9 Å². The van der Waals surface area contributed by atoms with Crippen LogP contribution in [-0.4, -0.2) is 29.1 Å². The predicted octanol–water partition coefficient (Wildman–Crippen LogP) is 3.01. The van der Waals surface area contributed by atoms with Crippen LogP contribution in [0, 0.1) is 0 Å². The summed E-state index contributed by atoms with van der Waals surface area (Å²) in [7, 11) is 0. The molecule has 0 saturated carbocycles. The fourth-order valence-electron chi connectivity index (χ4n) is 1.67. The highest BCUT2D eigenvalue weighted by molar-refractivity contribution is 9.28. The molecule has 1 N–H and O–H groups in total. The standard InChI is InChI=1S/C13H14Br2O6/c1-2-3-8(20-11(18)5-4-10(16)17)7-6-9(12(14)15)21-13(7)19/h6,8H,2-5H2,1H3,(H,16,17). The normalized spacial score (nSPS) is 15.3. The molecular formula is C13H14Br2O6. The molecule has 0 spiro atoms. The molecule has 1 aliphatic heterocycles. The summed E-state index contributed by atoms with van der Waals surface area (Å²) in [6.45, 7) is 1.89. The predicted molar refractivity (Wildman–Crippen MR) is 80.7 cm³/mol. The molecule has 116 valence electrons. The third-order valence-corrected chi connectivity index (χ3v) is 3.41. The molecule has 0 amide bonds. The Morgan fingerprint density at radius 1 is 1.38 bits per heavy atom. The van der Waals surface area contributed by atoms with Gasteiger partial charge in [-0.25, -0.2) is 4.79 Å². The van der Waals surface area contributed by atoms with Crippen LogP contribution >= 0.6 is 31.9 Å². The van der Waals surface area contributed by atoms with Gasteiger partial charge in [-0.1, -0.05) is 13.3 Å².